The molecule has 0 bridgehead atoms. The first kappa shape index (κ1) is 17.9. The molecule has 1 fully saturated rings. The first-order valence-electron chi connectivity index (χ1n) is 9.14. The van der Waals surface area contributed by atoms with E-state index in [1.54, 1.807) is 47.4 Å². The fraction of sp³-hybridized carbons (Fsp3) is 0.238. The van der Waals surface area contributed by atoms with E-state index in [1.165, 1.54) is 0 Å². The molecule has 0 aliphatic carbocycles. The Hall–Kier alpha value is -3.48. The number of carboxylic acids is 1. The monoisotopic (exact) mass is 377 g/mol. The standard InChI is InChI=1S/C21H19N3O4/c25-19-16-8-1-2-9-17(16)22-18(23-19)20(26)24-10-4-7-15(12-24)13-5-3-6-14(11-13)21(27)28/h1-3,5-6,8-9,11,15H,4,7,10,12H2,(H,27,28)(H,22,23,25). The number of hydrogen-bond acceptors (Lipinski definition) is 4. The molecule has 1 aliphatic rings. The summed E-state index contributed by atoms with van der Waals surface area (Å²) in [5.41, 5.74) is 1.29. The van der Waals surface area contributed by atoms with E-state index < -0.39 is 5.97 Å². The second-order valence-corrected chi connectivity index (χ2v) is 6.95. The van der Waals surface area contributed by atoms with Gasteiger partial charge in [-0.3, -0.25) is 9.59 Å². The summed E-state index contributed by atoms with van der Waals surface area (Å²) >= 11 is 0. The van der Waals surface area contributed by atoms with Gasteiger partial charge in [0.1, 0.15) is 0 Å². The molecule has 7 nitrogen and oxygen atoms in total. The van der Waals surface area contributed by atoms with Gasteiger partial charge in [0.25, 0.3) is 11.5 Å². The number of aromatic nitrogens is 2. The van der Waals surface area contributed by atoms with Gasteiger partial charge in [-0.05, 0) is 42.7 Å². The summed E-state index contributed by atoms with van der Waals surface area (Å²) < 4.78 is 0. The van der Waals surface area contributed by atoms with Gasteiger partial charge in [-0.1, -0.05) is 24.3 Å². The Balaban J connectivity index is 1.59. The van der Waals surface area contributed by atoms with Crippen LogP contribution in [0.15, 0.2) is 53.3 Å². The second-order valence-electron chi connectivity index (χ2n) is 6.95. The first-order chi connectivity index (χ1) is 13.5. The van der Waals surface area contributed by atoms with Gasteiger partial charge in [0.05, 0.1) is 16.5 Å². The maximum atomic E-state index is 12.9. The molecular weight excluding hydrogens is 358 g/mol. The largest absolute Gasteiger partial charge is 0.478 e. The lowest BCUT2D eigenvalue weighted by Crippen LogP contribution is -2.40. The second kappa shape index (κ2) is 7.26. The van der Waals surface area contributed by atoms with Gasteiger partial charge < -0.3 is 15.0 Å². The molecule has 7 heteroatoms. The van der Waals surface area contributed by atoms with Gasteiger partial charge in [-0.25, -0.2) is 9.78 Å². The predicted molar refractivity (Wildman–Crippen MR) is 104 cm³/mol. The molecule has 0 saturated carbocycles. The first-order valence-corrected chi connectivity index (χ1v) is 9.14. The number of rotatable bonds is 3. The van der Waals surface area contributed by atoms with Crippen molar-refractivity contribution in [3.63, 3.8) is 0 Å². The molecule has 1 saturated heterocycles. The highest BCUT2D eigenvalue weighted by atomic mass is 16.4. The van der Waals surface area contributed by atoms with E-state index in [0.29, 0.717) is 24.0 Å². The fourth-order valence-electron chi connectivity index (χ4n) is 3.70. The van der Waals surface area contributed by atoms with Gasteiger partial charge in [0, 0.05) is 19.0 Å². The normalized spacial score (nSPS) is 16.9. The topological polar surface area (TPSA) is 103 Å². The number of piperidine rings is 1. The number of fused-ring (bicyclic) bond motifs is 1. The van der Waals surface area contributed by atoms with E-state index in [0.717, 1.165) is 18.4 Å². The van der Waals surface area contributed by atoms with E-state index in [4.69, 9.17) is 0 Å². The quantitative estimate of drug-likeness (QED) is 0.730. The Kier molecular flexibility index (Phi) is 4.65. The Morgan fingerprint density at radius 2 is 1.96 bits per heavy atom. The van der Waals surface area contributed by atoms with E-state index in [1.807, 2.05) is 6.07 Å². The highest BCUT2D eigenvalue weighted by Gasteiger charge is 2.27. The van der Waals surface area contributed by atoms with Crippen molar-refractivity contribution in [2.24, 2.45) is 0 Å². The van der Waals surface area contributed by atoms with Gasteiger partial charge >= 0.3 is 5.97 Å². The van der Waals surface area contributed by atoms with Crippen LogP contribution in [0.25, 0.3) is 10.9 Å². The number of nitrogens with one attached hydrogen (secondary N) is 1. The zero-order valence-corrected chi connectivity index (χ0v) is 15.1. The number of carbonyl (C=O) groups is 2. The summed E-state index contributed by atoms with van der Waals surface area (Å²) in [6.45, 7) is 1.03. The summed E-state index contributed by atoms with van der Waals surface area (Å²) in [6, 6.07) is 13.7. The number of nitrogens with zero attached hydrogens (tertiary/aromatic N) is 2. The minimum absolute atomic E-state index is 0.0311. The average Bonchev–Trinajstić information content (AvgIpc) is 2.73. The molecular formula is C21H19N3O4. The van der Waals surface area contributed by atoms with Crippen LogP contribution in [0, 0.1) is 0 Å². The van der Waals surface area contributed by atoms with Crippen LogP contribution in [0.1, 0.15) is 45.3 Å². The predicted octanol–water partition coefficient (Wildman–Crippen LogP) is 2.64. The smallest absolute Gasteiger partial charge is 0.335 e. The Bertz CT molecular complexity index is 1120. The molecule has 28 heavy (non-hydrogen) atoms. The molecule has 0 spiro atoms. The molecule has 1 unspecified atom stereocenters. The summed E-state index contributed by atoms with van der Waals surface area (Å²) in [6.07, 6.45) is 1.67. The molecule has 4 rings (SSSR count). The van der Waals surface area contributed by atoms with Crippen molar-refractivity contribution in [2.45, 2.75) is 18.8 Å². The molecule has 2 aromatic carbocycles. The number of aromatic amines is 1. The van der Waals surface area contributed by atoms with Crippen molar-refractivity contribution in [1.29, 1.82) is 0 Å². The van der Waals surface area contributed by atoms with Crippen LogP contribution in [-0.4, -0.2) is 44.9 Å². The minimum Gasteiger partial charge on any atom is -0.478 e. The highest BCUT2D eigenvalue weighted by molar-refractivity contribution is 5.92. The van der Waals surface area contributed by atoms with Crippen molar-refractivity contribution < 1.29 is 14.7 Å². The Morgan fingerprint density at radius 1 is 1.14 bits per heavy atom. The van der Waals surface area contributed by atoms with Crippen LogP contribution in [0.2, 0.25) is 0 Å². The number of amides is 1. The molecule has 3 aromatic rings. The Labute approximate surface area is 160 Å². The third kappa shape index (κ3) is 3.38. The maximum Gasteiger partial charge on any atom is 0.335 e. The maximum absolute atomic E-state index is 12.9. The van der Waals surface area contributed by atoms with E-state index in [2.05, 4.69) is 9.97 Å². The average molecular weight is 377 g/mol. The zero-order valence-electron chi connectivity index (χ0n) is 15.1. The number of H-pyrrole nitrogens is 1. The van der Waals surface area contributed by atoms with Crippen LogP contribution < -0.4 is 5.56 Å². The number of aromatic carboxylic acids is 1. The minimum atomic E-state index is -0.969. The number of hydrogen-bond donors (Lipinski definition) is 2. The van der Waals surface area contributed by atoms with Crippen LogP contribution in [0.3, 0.4) is 0 Å². The lowest BCUT2D eigenvalue weighted by atomic mass is 9.89. The highest BCUT2D eigenvalue weighted by Crippen LogP contribution is 2.28. The van der Waals surface area contributed by atoms with Crippen LogP contribution in [0.5, 0.6) is 0 Å². The third-order valence-electron chi connectivity index (χ3n) is 5.13. The van der Waals surface area contributed by atoms with E-state index in [-0.39, 0.29) is 28.8 Å². The molecule has 1 aromatic heterocycles. The molecule has 1 atom stereocenters. The van der Waals surface area contributed by atoms with E-state index in [9.17, 15) is 19.5 Å². The zero-order chi connectivity index (χ0) is 19.7. The molecule has 2 heterocycles. The van der Waals surface area contributed by atoms with Crippen LogP contribution in [0.4, 0.5) is 0 Å². The molecule has 1 aliphatic heterocycles. The van der Waals surface area contributed by atoms with Crippen molar-refractivity contribution >= 4 is 22.8 Å². The molecule has 0 radical (unpaired) electrons. The van der Waals surface area contributed by atoms with Crippen LogP contribution >= 0.6 is 0 Å². The van der Waals surface area contributed by atoms with E-state index >= 15 is 0 Å². The van der Waals surface area contributed by atoms with Gasteiger partial charge in [0.2, 0.25) is 0 Å². The van der Waals surface area contributed by atoms with Crippen molar-refractivity contribution in [1.82, 2.24) is 14.9 Å². The van der Waals surface area contributed by atoms with Gasteiger partial charge in [-0.2, -0.15) is 0 Å². The lowest BCUT2D eigenvalue weighted by molar-refractivity contribution is 0.0683. The molecule has 2 N–H and O–H groups in total. The Morgan fingerprint density at radius 3 is 2.79 bits per heavy atom. The molecule has 1 amide bonds. The number of likely N-dealkylation sites (tertiary alicyclic amines) is 1. The fourth-order valence-corrected chi connectivity index (χ4v) is 3.70. The SMILES string of the molecule is O=C(O)c1cccc(C2CCCN(C(=O)c3nc4ccccc4c(=O)[nH]3)C2)c1. The lowest BCUT2D eigenvalue weighted by Gasteiger charge is -2.32. The van der Waals surface area contributed by atoms with Crippen LogP contribution in [-0.2, 0) is 0 Å². The number of benzene rings is 2. The number of para-hydroxylation sites is 1. The van der Waals surface area contributed by atoms with Gasteiger partial charge in [0.15, 0.2) is 5.82 Å². The number of carbonyl (C=O) groups excluding carboxylic acids is 1. The summed E-state index contributed by atoms with van der Waals surface area (Å²) in [5, 5.41) is 9.65. The number of carboxylic acid groups (broad SMARTS) is 1. The van der Waals surface area contributed by atoms with Crippen molar-refractivity contribution in [3.8, 4) is 0 Å². The summed E-state index contributed by atoms with van der Waals surface area (Å²) in [7, 11) is 0. The van der Waals surface area contributed by atoms with Crippen molar-refractivity contribution in [3.05, 3.63) is 75.8 Å². The molecule has 142 valence electrons. The summed E-state index contributed by atoms with van der Waals surface area (Å²) in [4.78, 5) is 45.0. The van der Waals surface area contributed by atoms with Crippen molar-refractivity contribution in [2.75, 3.05) is 13.1 Å². The summed E-state index contributed by atoms with van der Waals surface area (Å²) in [5.74, 6) is -1.21. The van der Waals surface area contributed by atoms with Gasteiger partial charge in [-0.15, -0.1) is 0 Å². The third-order valence-corrected chi connectivity index (χ3v) is 5.13.